The minimum Gasteiger partial charge on any atom is -0.352 e. The van der Waals surface area contributed by atoms with Crippen molar-refractivity contribution in [3.63, 3.8) is 0 Å². The molecule has 240 valence electrons. The molecule has 9 heteroatoms. The molecule has 1 atom stereocenters. The number of halogens is 1. The molecular weight excluding hydrogens is 601 g/mol. The van der Waals surface area contributed by atoms with Crippen LogP contribution in [0.5, 0.6) is 0 Å². The number of sulfonamides is 1. The Labute approximate surface area is 271 Å². The Hall–Kier alpha value is -4.50. The van der Waals surface area contributed by atoms with Crippen molar-refractivity contribution in [1.82, 2.24) is 10.2 Å². The van der Waals surface area contributed by atoms with Crippen LogP contribution in [-0.4, -0.2) is 43.8 Å². The summed E-state index contributed by atoms with van der Waals surface area (Å²) in [5.74, 6) is -1.26. The molecule has 0 unspecified atom stereocenters. The summed E-state index contributed by atoms with van der Waals surface area (Å²) >= 11 is 0. The first-order chi connectivity index (χ1) is 22.2. The van der Waals surface area contributed by atoms with Crippen molar-refractivity contribution in [1.29, 1.82) is 0 Å². The summed E-state index contributed by atoms with van der Waals surface area (Å²) in [5, 5.41) is 3.19. The molecule has 1 aliphatic rings. The summed E-state index contributed by atoms with van der Waals surface area (Å²) in [4.78, 5) is 30.2. The van der Waals surface area contributed by atoms with Gasteiger partial charge in [0.05, 0.1) is 10.6 Å². The monoisotopic (exact) mass is 641 g/mol. The fraction of sp³-hybridized carbons (Fsp3) is 0.297. The van der Waals surface area contributed by atoms with Crippen LogP contribution in [0, 0.1) is 12.7 Å². The Kier molecular flexibility index (Phi) is 10.9. The van der Waals surface area contributed by atoms with E-state index < -0.39 is 34.3 Å². The van der Waals surface area contributed by atoms with Gasteiger partial charge in [-0.1, -0.05) is 98.1 Å². The van der Waals surface area contributed by atoms with Gasteiger partial charge in [0, 0.05) is 19.0 Å². The van der Waals surface area contributed by atoms with Gasteiger partial charge in [-0.25, -0.2) is 12.8 Å². The van der Waals surface area contributed by atoms with Crippen molar-refractivity contribution in [2.24, 2.45) is 0 Å². The molecule has 1 N–H and O–H groups in total. The number of para-hydroxylation sites is 1. The number of amides is 2. The lowest BCUT2D eigenvalue weighted by Crippen LogP contribution is -2.55. The molecule has 0 bridgehead atoms. The zero-order chi connectivity index (χ0) is 32.5. The largest absolute Gasteiger partial charge is 0.352 e. The van der Waals surface area contributed by atoms with E-state index >= 15 is 0 Å². The molecule has 4 aromatic carbocycles. The van der Waals surface area contributed by atoms with Crippen molar-refractivity contribution < 1.29 is 22.4 Å². The summed E-state index contributed by atoms with van der Waals surface area (Å²) in [6.45, 7) is 1.24. The molecule has 46 heavy (non-hydrogen) atoms. The topological polar surface area (TPSA) is 86.8 Å². The van der Waals surface area contributed by atoms with Crippen molar-refractivity contribution >= 4 is 27.5 Å². The maximum atomic E-state index is 14.6. The first kappa shape index (κ1) is 32.9. The number of hydrogen-bond donors (Lipinski definition) is 1. The summed E-state index contributed by atoms with van der Waals surface area (Å²) in [5.41, 5.74) is 2.52. The van der Waals surface area contributed by atoms with Crippen LogP contribution in [0.2, 0.25) is 0 Å². The minimum absolute atomic E-state index is 0.00391. The number of nitrogens with zero attached hydrogens (tertiary/aromatic N) is 2. The zero-order valence-electron chi connectivity index (χ0n) is 26.0. The number of carbonyl (C=O) groups excluding carboxylic acids is 2. The first-order valence-electron chi connectivity index (χ1n) is 15.7. The number of aryl methyl sites for hydroxylation is 1. The molecule has 1 fully saturated rings. The number of carbonyl (C=O) groups is 2. The van der Waals surface area contributed by atoms with Crippen LogP contribution >= 0.6 is 0 Å². The van der Waals surface area contributed by atoms with E-state index in [2.05, 4.69) is 5.32 Å². The summed E-state index contributed by atoms with van der Waals surface area (Å²) in [6, 6.07) is 29.3. The molecule has 1 aliphatic carbocycles. The maximum Gasteiger partial charge on any atom is 0.264 e. The van der Waals surface area contributed by atoms with E-state index in [0.29, 0.717) is 16.8 Å². The van der Waals surface area contributed by atoms with Gasteiger partial charge in [-0.05, 0) is 66.8 Å². The van der Waals surface area contributed by atoms with Gasteiger partial charge in [-0.3, -0.25) is 13.9 Å². The van der Waals surface area contributed by atoms with E-state index in [1.54, 1.807) is 61.5 Å². The fourth-order valence-electron chi connectivity index (χ4n) is 5.96. The number of anilines is 1. The Morgan fingerprint density at radius 2 is 1.41 bits per heavy atom. The summed E-state index contributed by atoms with van der Waals surface area (Å²) in [6.07, 6.45) is 5.13. The molecule has 0 aromatic heterocycles. The van der Waals surface area contributed by atoms with Gasteiger partial charge in [0.2, 0.25) is 11.8 Å². The average molecular weight is 642 g/mol. The summed E-state index contributed by atoms with van der Waals surface area (Å²) in [7, 11) is -4.18. The molecule has 0 heterocycles. The van der Waals surface area contributed by atoms with Crippen molar-refractivity contribution in [2.45, 2.75) is 69.0 Å². The second-order valence-electron chi connectivity index (χ2n) is 11.8. The lowest BCUT2D eigenvalue weighted by molar-refractivity contribution is -0.140. The second-order valence-corrected chi connectivity index (χ2v) is 13.7. The van der Waals surface area contributed by atoms with Gasteiger partial charge in [0.25, 0.3) is 10.0 Å². The second kappa shape index (κ2) is 15.2. The van der Waals surface area contributed by atoms with Gasteiger partial charge in [0.15, 0.2) is 0 Å². The maximum absolute atomic E-state index is 14.6. The van der Waals surface area contributed by atoms with Crippen molar-refractivity contribution in [3.8, 4) is 0 Å². The van der Waals surface area contributed by atoms with Crippen LogP contribution < -0.4 is 9.62 Å². The van der Waals surface area contributed by atoms with Crippen LogP contribution in [0.3, 0.4) is 0 Å². The molecule has 0 saturated heterocycles. The molecule has 0 aliphatic heterocycles. The third-order valence-electron chi connectivity index (χ3n) is 8.48. The number of hydrogen-bond acceptors (Lipinski definition) is 4. The molecule has 0 spiro atoms. The predicted octanol–water partition coefficient (Wildman–Crippen LogP) is 6.42. The van der Waals surface area contributed by atoms with Crippen LogP contribution in [0.1, 0.15) is 48.8 Å². The van der Waals surface area contributed by atoms with E-state index in [0.717, 1.165) is 42.0 Å². The Balaban J connectivity index is 1.56. The Bertz CT molecular complexity index is 1710. The molecular formula is C37H40FN3O4S. The third kappa shape index (κ3) is 8.20. The van der Waals surface area contributed by atoms with Crippen LogP contribution in [0.4, 0.5) is 10.1 Å². The Morgan fingerprint density at radius 3 is 2.07 bits per heavy atom. The molecule has 5 rings (SSSR count). The third-order valence-corrected chi connectivity index (χ3v) is 10.3. The van der Waals surface area contributed by atoms with E-state index in [9.17, 15) is 22.4 Å². The molecule has 1 saturated carbocycles. The molecule has 4 aromatic rings. The van der Waals surface area contributed by atoms with Crippen LogP contribution in [0.15, 0.2) is 114 Å². The predicted molar refractivity (Wildman–Crippen MR) is 178 cm³/mol. The van der Waals surface area contributed by atoms with E-state index in [4.69, 9.17) is 0 Å². The van der Waals surface area contributed by atoms with Crippen LogP contribution in [-0.2, 0) is 32.6 Å². The Morgan fingerprint density at radius 1 is 0.804 bits per heavy atom. The first-order valence-corrected chi connectivity index (χ1v) is 17.2. The fourth-order valence-corrected chi connectivity index (χ4v) is 7.46. The van der Waals surface area contributed by atoms with Crippen LogP contribution in [0.25, 0.3) is 0 Å². The lowest BCUT2D eigenvalue weighted by Gasteiger charge is -2.35. The molecule has 0 radical (unpaired) electrons. The van der Waals surface area contributed by atoms with E-state index in [1.165, 1.54) is 29.2 Å². The smallest absolute Gasteiger partial charge is 0.264 e. The highest BCUT2D eigenvalue weighted by Gasteiger charge is 2.35. The molecule has 7 nitrogen and oxygen atoms in total. The SMILES string of the molecule is Cc1ccccc1N(CC(=O)N(Cc1ccc(F)cc1)[C@H](Cc1ccccc1)C(=O)NC1CCCCC1)S(=O)(=O)c1ccccc1. The van der Waals surface area contributed by atoms with Gasteiger partial charge in [-0.2, -0.15) is 0 Å². The quantitative estimate of drug-likeness (QED) is 0.194. The van der Waals surface area contributed by atoms with E-state index in [-0.39, 0.29) is 29.8 Å². The van der Waals surface area contributed by atoms with Gasteiger partial charge < -0.3 is 10.2 Å². The normalized spacial score (nSPS) is 14.3. The standard InChI is InChI=1S/C37H40FN3O4S/c1-28-13-11-12-20-34(28)41(46(44,45)33-18-9-4-10-19-33)27-36(42)40(26-30-21-23-31(38)24-22-30)35(25-29-14-5-2-6-15-29)37(43)39-32-16-7-3-8-17-32/h2,4-6,9-15,18-24,32,35H,3,7-8,16-17,25-27H2,1H3,(H,39,43)/t35-/m1/s1. The highest BCUT2D eigenvalue weighted by Crippen LogP contribution is 2.28. The summed E-state index contributed by atoms with van der Waals surface area (Å²) < 4.78 is 43.3. The highest BCUT2D eigenvalue weighted by molar-refractivity contribution is 7.92. The van der Waals surface area contributed by atoms with Crippen molar-refractivity contribution in [2.75, 3.05) is 10.8 Å². The minimum atomic E-state index is -4.18. The van der Waals surface area contributed by atoms with Gasteiger partial charge in [-0.15, -0.1) is 0 Å². The zero-order valence-corrected chi connectivity index (χ0v) is 26.8. The lowest BCUT2D eigenvalue weighted by atomic mass is 9.94. The molecule has 2 amide bonds. The highest BCUT2D eigenvalue weighted by atomic mass is 32.2. The number of benzene rings is 4. The average Bonchev–Trinajstić information content (AvgIpc) is 3.07. The van der Waals surface area contributed by atoms with Gasteiger partial charge >= 0.3 is 0 Å². The van der Waals surface area contributed by atoms with Gasteiger partial charge in [0.1, 0.15) is 18.4 Å². The van der Waals surface area contributed by atoms with E-state index in [1.807, 2.05) is 30.3 Å². The number of nitrogens with one attached hydrogen (secondary N) is 1. The number of rotatable bonds is 12. The van der Waals surface area contributed by atoms with Crippen molar-refractivity contribution in [3.05, 3.63) is 132 Å².